The SMILES string of the molecule is CCc1nn(CC)c(CC2CSCC2NC)c1Br. The van der Waals surface area contributed by atoms with Crippen LogP contribution in [0.25, 0.3) is 0 Å². The third kappa shape index (κ3) is 2.78. The number of hydrogen-bond acceptors (Lipinski definition) is 3. The Morgan fingerprint density at radius 2 is 2.22 bits per heavy atom. The summed E-state index contributed by atoms with van der Waals surface area (Å²) in [6.45, 7) is 5.29. The molecule has 1 aliphatic rings. The number of aryl methyl sites for hydroxylation is 2. The van der Waals surface area contributed by atoms with Gasteiger partial charge in [-0.3, -0.25) is 4.68 Å². The van der Waals surface area contributed by atoms with E-state index in [4.69, 9.17) is 0 Å². The van der Waals surface area contributed by atoms with Crippen molar-refractivity contribution in [1.82, 2.24) is 15.1 Å². The lowest BCUT2D eigenvalue weighted by atomic mass is 9.98. The van der Waals surface area contributed by atoms with Crippen molar-refractivity contribution in [3.63, 3.8) is 0 Å². The summed E-state index contributed by atoms with van der Waals surface area (Å²) in [6, 6.07) is 0.646. The minimum Gasteiger partial charge on any atom is -0.316 e. The van der Waals surface area contributed by atoms with Gasteiger partial charge < -0.3 is 5.32 Å². The zero-order valence-electron chi connectivity index (χ0n) is 11.4. The van der Waals surface area contributed by atoms with E-state index in [1.165, 1.54) is 27.4 Å². The number of nitrogens with one attached hydrogen (secondary N) is 1. The summed E-state index contributed by atoms with van der Waals surface area (Å²) in [5.41, 5.74) is 2.57. The maximum atomic E-state index is 4.68. The van der Waals surface area contributed by atoms with E-state index in [2.05, 4.69) is 63.7 Å². The summed E-state index contributed by atoms with van der Waals surface area (Å²) in [5, 5.41) is 8.13. The first-order valence-corrected chi connectivity index (χ1v) is 8.65. The van der Waals surface area contributed by atoms with Gasteiger partial charge in [-0.05, 0) is 54.4 Å². The van der Waals surface area contributed by atoms with Crippen LogP contribution in [0.5, 0.6) is 0 Å². The first kappa shape index (κ1) is 14.4. The Morgan fingerprint density at radius 1 is 1.44 bits per heavy atom. The third-order valence-electron chi connectivity index (χ3n) is 3.72. The summed E-state index contributed by atoms with van der Waals surface area (Å²) >= 11 is 5.80. The van der Waals surface area contributed by atoms with Crippen LogP contribution in [0, 0.1) is 5.92 Å². The first-order chi connectivity index (χ1) is 8.71. The van der Waals surface area contributed by atoms with Gasteiger partial charge in [-0.25, -0.2) is 0 Å². The molecule has 2 heterocycles. The molecule has 2 atom stereocenters. The molecule has 1 aliphatic heterocycles. The molecular formula is C13H22BrN3S. The van der Waals surface area contributed by atoms with Gasteiger partial charge >= 0.3 is 0 Å². The summed E-state index contributed by atoms with van der Waals surface area (Å²) in [7, 11) is 2.08. The quantitative estimate of drug-likeness (QED) is 0.899. The Hall–Kier alpha value is -0.0000000000000000555. The molecule has 0 saturated carbocycles. The van der Waals surface area contributed by atoms with Gasteiger partial charge in [0.05, 0.1) is 15.9 Å². The molecule has 2 rings (SSSR count). The second-order valence-corrected chi connectivity index (χ2v) is 6.64. The van der Waals surface area contributed by atoms with Crippen LogP contribution in [-0.2, 0) is 19.4 Å². The molecule has 1 aromatic heterocycles. The molecule has 0 aliphatic carbocycles. The normalized spacial score (nSPS) is 23.8. The Balaban J connectivity index is 2.19. The van der Waals surface area contributed by atoms with Gasteiger partial charge in [-0.15, -0.1) is 0 Å². The molecular weight excluding hydrogens is 310 g/mol. The van der Waals surface area contributed by atoms with Crippen LogP contribution in [-0.4, -0.2) is 34.4 Å². The molecule has 0 amide bonds. The first-order valence-electron chi connectivity index (χ1n) is 6.70. The van der Waals surface area contributed by atoms with Crippen molar-refractivity contribution in [3.05, 3.63) is 15.9 Å². The van der Waals surface area contributed by atoms with E-state index in [9.17, 15) is 0 Å². The van der Waals surface area contributed by atoms with Gasteiger partial charge in [0.2, 0.25) is 0 Å². The van der Waals surface area contributed by atoms with Crippen molar-refractivity contribution < 1.29 is 0 Å². The van der Waals surface area contributed by atoms with Crippen molar-refractivity contribution in [2.75, 3.05) is 18.6 Å². The standard InChI is InChI=1S/C13H22BrN3S/c1-4-10-13(14)12(17(5-2)16-10)6-9-7-18-8-11(9)15-3/h9,11,15H,4-8H2,1-3H3. The van der Waals surface area contributed by atoms with E-state index >= 15 is 0 Å². The maximum Gasteiger partial charge on any atom is 0.0766 e. The van der Waals surface area contributed by atoms with Crippen molar-refractivity contribution in [3.8, 4) is 0 Å². The van der Waals surface area contributed by atoms with E-state index in [0.29, 0.717) is 6.04 Å². The number of nitrogens with zero attached hydrogens (tertiary/aromatic N) is 2. The summed E-state index contributed by atoms with van der Waals surface area (Å²) < 4.78 is 3.40. The highest BCUT2D eigenvalue weighted by Crippen LogP contribution is 2.31. The molecule has 2 unspecified atom stereocenters. The van der Waals surface area contributed by atoms with Gasteiger partial charge in [0.25, 0.3) is 0 Å². The molecule has 1 fully saturated rings. The fourth-order valence-electron chi connectivity index (χ4n) is 2.58. The van der Waals surface area contributed by atoms with Crippen molar-refractivity contribution in [2.45, 2.75) is 39.3 Å². The lowest BCUT2D eigenvalue weighted by Gasteiger charge is -2.18. The number of thioether (sulfide) groups is 1. The highest BCUT2D eigenvalue weighted by atomic mass is 79.9. The van der Waals surface area contributed by atoms with Crippen LogP contribution in [0.15, 0.2) is 4.47 Å². The molecule has 0 spiro atoms. The molecule has 18 heavy (non-hydrogen) atoms. The summed E-state index contributed by atoms with van der Waals surface area (Å²) in [5.74, 6) is 3.22. The Morgan fingerprint density at radius 3 is 2.83 bits per heavy atom. The Bertz CT molecular complexity index is 405. The van der Waals surface area contributed by atoms with Crippen LogP contribution < -0.4 is 5.32 Å². The van der Waals surface area contributed by atoms with Gasteiger partial charge in [-0.2, -0.15) is 16.9 Å². The largest absolute Gasteiger partial charge is 0.316 e. The predicted molar refractivity (Wildman–Crippen MR) is 82.3 cm³/mol. The highest BCUT2D eigenvalue weighted by Gasteiger charge is 2.28. The highest BCUT2D eigenvalue weighted by molar-refractivity contribution is 9.10. The van der Waals surface area contributed by atoms with Crippen LogP contribution in [0.2, 0.25) is 0 Å². The smallest absolute Gasteiger partial charge is 0.0766 e. The van der Waals surface area contributed by atoms with E-state index in [0.717, 1.165) is 25.3 Å². The molecule has 3 nitrogen and oxygen atoms in total. The molecule has 0 aromatic carbocycles. The summed E-state index contributed by atoms with van der Waals surface area (Å²) in [6.07, 6.45) is 2.12. The fourth-order valence-corrected chi connectivity index (χ4v) is 4.79. The topological polar surface area (TPSA) is 29.9 Å². The molecule has 5 heteroatoms. The zero-order valence-corrected chi connectivity index (χ0v) is 13.8. The maximum absolute atomic E-state index is 4.68. The molecule has 0 radical (unpaired) electrons. The number of rotatable bonds is 5. The minimum atomic E-state index is 0.646. The average molecular weight is 332 g/mol. The Kier molecular flexibility index (Phi) is 5.15. The number of hydrogen-bond donors (Lipinski definition) is 1. The lowest BCUT2D eigenvalue weighted by molar-refractivity contribution is 0.437. The van der Waals surface area contributed by atoms with E-state index in [-0.39, 0.29) is 0 Å². The Labute approximate surface area is 122 Å². The van der Waals surface area contributed by atoms with Crippen LogP contribution in [0.1, 0.15) is 25.2 Å². The molecule has 1 N–H and O–H groups in total. The van der Waals surface area contributed by atoms with Gasteiger partial charge in [0.1, 0.15) is 0 Å². The van der Waals surface area contributed by atoms with Crippen LogP contribution in [0.3, 0.4) is 0 Å². The second-order valence-electron chi connectivity index (χ2n) is 4.77. The molecule has 102 valence electrons. The van der Waals surface area contributed by atoms with E-state index in [1.807, 2.05) is 0 Å². The molecule has 1 aromatic rings. The molecule has 1 saturated heterocycles. The summed E-state index contributed by atoms with van der Waals surface area (Å²) in [4.78, 5) is 0. The monoisotopic (exact) mass is 331 g/mol. The zero-order chi connectivity index (χ0) is 13.1. The van der Waals surface area contributed by atoms with Crippen LogP contribution >= 0.6 is 27.7 Å². The van der Waals surface area contributed by atoms with Gasteiger partial charge in [0, 0.05) is 18.3 Å². The van der Waals surface area contributed by atoms with Gasteiger partial charge in [-0.1, -0.05) is 6.92 Å². The fraction of sp³-hybridized carbons (Fsp3) is 0.769. The van der Waals surface area contributed by atoms with Gasteiger partial charge in [0.15, 0.2) is 0 Å². The van der Waals surface area contributed by atoms with Crippen molar-refractivity contribution in [2.24, 2.45) is 5.92 Å². The lowest BCUT2D eigenvalue weighted by Crippen LogP contribution is -2.33. The van der Waals surface area contributed by atoms with Crippen molar-refractivity contribution in [1.29, 1.82) is 0 Å². The predicted octanol–water partition coefficient (Wildman–Crippen LogP) is 2.72. The second kappa shape index (κ2) is 6.44. The van der Waals surface area contributed by atoms with Crippen molar-refractivity contribution >= 4 is 27.7 Å². The molecule has 0 bridgehead atoms. The van der Waals surface area contributed by atoms with E-state index in [1.54, 1.807) is 0 Å². The average Bonchev–Trinajstić information content (AvgIpc) is 2.95. The number of aromatic nitrogens is 2. The van der Waals surface area contributed by atoms with E-state index < -0.39 is 0 Å². The third-order valence-corrected chi connectivity index (χ3v) is 5.89. The number of halogens is 1. The minimum absolute atomic E-state index is 0.646. The van der Waals surface area contributed by atoms with Crippen LogP contribution in [0.4, 0.5) is 0 Å².